The highest BCUT2D eigenvalue weighted by Crippen LogP contribution is 2.18. The van der Waals surface area contributed by atoms with Gasteiger partial charge in [0.05, 0.1) is 0 Å². The minimum atomic E-state index is -0.865. The van der Waals surface area contributed by atoms with Crippen LogP contribution < -0.4 is 5.32 Å². The highest BCUT2D eigenvalue weighted by atomic mass is 79.9. The fourth-order valence-corrected chi connectivity index (χ4v) is 2.02. The van der Waals surface area contributed by atoms with Crippen molar-refractivity contribution in [2.24, 2.45) is 0 Å². The molecule has 3 nitrogen and oxygen atoms in total. The molecule has 1 rings (SSSR count). The third-order valence-electron chi connectivity index (χ3n) is 2.69. The zero-order valence-corrected chi connectivity index (χ0v) is 11.8. The minimum Gasteiger partial charge on any atom is -0.480 e. The highest BCUT2D eigenvalue weighted by Gasteiger charge is 2.16. The van der Waals surface area contributed by atoms with E-state index in [4.69, 9.17) is 5.11 Å². The molecule has 0 aliphatic carbocycles. The fourth-order valence-electron chi connectivity index (χ4n) is 1.63. The van der Waals surface area contributed by atoms with Gasteiger partial charge in [-0.1, -0.05) is 35.7 Å². The quantitative estimate of drug-likeness (QED) is 0.811. The molecule has 2 N–H and O–H groups in total. The van der Waals surface area contributed by atoms with Gasteiger partial charge in [0.15, 0.2) is 0 Å². The van der Waals surface area contributed by atoms with Crippen LogP contribution in [0.1, 0.15) is 31.7 Å². The summed E-state index contributed by atoms with van der Waals surface area (Å²) in [5.41, 5.74) is 0.720. The Bertz CT molecular complexity index is 412. The number of unbranched alkanes of at least 4 members (excludes halogenated alkanes) is 1. The highest BCUT2D eigenvalue weighted by molar-refractivity contribution is 9.10. The van der Waals surface area contributed by atoms with Gasteiger partial charge in [-0.05, 0) is 30.2 Å². The number of carbonyl (C=O) groups is 1. The van der Waals surface area contributed by atoms with E-state index in [2.05, 4.69) is 21.2 Å². The summed E-state index contributed by atoms with van der Waals surface area (Å²) in [6.07, 6.45) is 2.39. The zero-order chi connectivity index (χ0) is 13.5. The van der Waals surface area contributed by atoms with E-state index >= 15 is 0 Å². The van der Waals surface area contributed by atoms with Gasteiger partial charge in [-0.3, -0.25) is 4.79 Å². The Labute approximate surface area is 115 Å². The maximum atomic E-state index is 13.1. The molecule has 0 radical (unpaired) electrons. The lowest BCUT2D eigenvalue weighted by molar-refractivity contribution is -0.139. The van der Waals surface area contributed by atoms with E-state index in [1.165, 1.54) is 12.1 Å². The summed E-state index contributed by atoms with van der Waals surface area (Å²) in [7, 11) is 0. The lowest BCUT2D eigenvalue weighted by atomic mass is 10.1. The first-order valence-electron chi connectivity index (χ1n) is 5.94. The van der Waals surface area contributed by atoms with Crippen molar-refractivity contribution in [3.8, 4) is 0 Å². The Morgan fingerprint density at radius 3 is 2.89 bits per heavy atom. The van der Waals surface area contributed by atoms with E-state index in [0.717, 1.165) is 22.9 Å². The molecule has 5 heteroatoms. The van der Waals surface area contributed by atoms with E-state index < -0.39 is 12.0 Å². The molecule has 0 aliphatic heterocycles. The Morgan fingerprint density at radius 2 is 2.28 bits per heavy atom. The van der Waals surface area contributed by atoms with Crippen LogP contribution in [0.5, 0.6) is 0 Å². The molecule has 1 aromatic carbocycles. The molecule has 0 aromatic heterocycles. The number of hydrogen-bond donors (Lipinski definition) is 2. The summed E-state index contributed by atoms with van der Waals surface area (Å²) < 4.78 is 13.8. The van der Waals surface area contributed by atoms with Crippen molar-refractivity contribution in [1.82, 2.24) is 5.32 Å². The first-order chi connectivity index (χ1) is 8.54. The van der Waals surface area contributed by atoms with Crippen molar-refractivity contribution >= 4 is 21.9 Å². The van der Waals surface area contributed by atoms with Crippen LogP contribution in [-0.2, 0) is 11.3 Å². The molecule has 1 atom stereocenters. The third-order valence-corrected chi connectivity index (χ3v) is 3.46. The molecule has 0 aliphatic rings. The maximum absolute atomic E-state index is 13.1. The Balaban J connectivity index is 2.60. The molecule has 1 unspecified atom stereocenters. The van der Waals surface area contributed by atoms with Crippen molar-refractivity contribution in [3.05, 3.63) is 34.1 Å². The number of rotatable bonds is 7. The largest absolute Gasteiger partial charge is 0.480 e. The summed E-state index contributed by atoms with van der Waals surface area (Å²) in [4.78, 5) is 11.0. The van der Waals surface area contributed by atoms with Gasteiger partial charge >= 0.3 is 5.97 Å². The number of carboxylic acid groups (broad SMARTS) is 1. The van der Waals surface area contributed by atoms with E-state index in [1.807, 2.05) is 6.92 Å². The van der Waals surface area contributed by atoms with Crippen LogP contribution in [0.2, 0.25) is 0 Å². The van der Waals surface area contributed by atoms with Crippen LogP contribution in [0.3, 0.4) is 0 Å². The van der Waals surface area contributed by atoms with Crippen molar-refractivity contribution in [1.29, 1.82) is 0 Å². The average Bonchev–Trinajstić information content (AvgIpc) is 2.33. The molecule has 0 bridgehead atoms. The second-order valence-corrected chi connectivity index (χ2v) is 5.00. The predicted octanol–water partition coefficient (Wildman–Crippen LogP) is 3.32. The van der Waals surface area contributed by atoms with Crippen LogP contribution in [0.15, 0.2) is 22.7 Å². The fraction of sp³-hybridized carbons (Fsp3) is 0.462. The smallest absolute Gasteiger partial charge is 0.320 e. The van der Waals surface area contributed by atoms with E-state index in [-0.39, 0.29) is 5.82 Å². The van der Waals surface area contributed by atoms with Gasteiger partial charge in [-0.15, -0.1) is 0 Å². The molecule has 0 saturated heterocycles. The number of aliphatic carboxylic acids is 1. The summed E-state index contributed by atoms with van der Waals surface area (Å²) in [5.74, 6) is -1.19. The molecule has 18 heavy (non-hydrogen) atoms. The van der Waals surface area contributed by atoms with Crippen LogP contribution in [0.25, 0.3) is 0 Å². The first kappa shape index (κ1) is 15.1. The normalized spacial score (nSPS) is 12.4. The summed E-state index contributed by atoms with van der Waals surface area (Å²) in [5, 5.41) is 12.0. The molecule has 0 fully saturated rings. The molecular formula is C13H17BrFNO2. The van der Waals surface area contributed by atoms with Crippen molar-refractivity contribution in [2.45, 2.75) is 38.8 Å². The lowest BCUT2D eigenvalue weighted by Crippen LogP contribution is -2.36. The molecule has 0 amide bonds. The summed E-state index contributed by atoms with van der Waals surface area (Å²) >= 11 is 3.32. The van der Waals surface area contributed by atoms with E-state index in [0.29, 0.717) is 13.0 Å². The summed E-state index contributed by atoms with van der Waals surface area (Å²) in [6.45, 7) is 2.35. The molecule has 0 heterocycles. The van der Waals surface area contributed by atoms with Gasteiger partial charge in [-0.2, -0.15) is 0 Å². The first-order valence-corrected chi connectivity index (χ1v) is 6.74. The van der Waals surface area contributed by atoms with E-state index in [9.17, 15) is 9.18 Å². The van der Waals surface area contributed by atoms with Crippen LogP contribution in [-0.4, -0.2) is 17.1 Å². The Morgan fingerprint density at radius 1 is 1.56 bits per heavy atom. The van der Waals surface area contributed by atoms with Crippen molar-refractivity contribution in [3.63, 3.8) is 0 Å². The number of nitrogens with one attached hydrogen (secondary N) is 1. The van der Waals surface area contributed by atoms with Gasteiger partial charge < -0.3 is 10.4 Å². The van der Waals surface area contributed by atoms with Gasteiger partial charge in [-0.25, -0.2) is 4.39 Å². The van der Waals surface area contributed by atoms with Crippen molar-refractivity contribution < 1.29 is 14.3 Å². The molecule has 0 saturated carbocycles. The number of carboxylic acids is 1. The molecule has 1 aromatic rings. The molecule has 100 valence electrons. The summed E-state index contributed by atoms with van der Waals surface area (Å²) in [6, 6.07) is 3.80. The van der Waals surface area contributed by atoms with Crippen LogP contribution >= 0.6 is 15.9 Å². The second kappa shape index (κ2) is 7.48. The van der Waals surface area contributed by atoms with Gasteiger partial charge in [0.2, 0.25) is 0 Å². The predicted molar refractivity (Wildman–Crippen MR) is 71.9 cm³/mol. The number of halogens is 2. The number of benzene rings is 1. The van der Waals surface area contributed by atoms with Crippen LogP contribution in [0, 0.1) is 5.82 Å². The second-order valence-electron chi connectivity index (χ2n) is 4.15. The zero-order valence-electron chi connectivity index (χ0n) is 10.2. The third kappa shape index (κ3) is 4.74. The van der Waals surface area contributed by atoms with Crippen LogP contribution in [0.4, 0.5) is 4.39 Å². The Kier molecular flexibility index (Phi) is 6.29. The van der Waals surface area contributed by atoms with Gasteiger partial charge in [0.1, 0.15) is 11.9 Å². The topological polar surface area (TPSA) is 49.3 Å². The maximum Gasteiger partial charge on any atom is 0.320 e. The molecule has 0 spiro atoms. The van der Waals surface area contributed by atoms with Crippen molar-refractivity contribution in [2.75, 3.05) is 0 Å². The SMILES string of the molecule is CCCCC(NCc1cc(F)ccc1Br)C(=O)O. The Hall–Kier alpha value is -0.940. The van der Waals surface area contributed by atoms with Gasteiger partial charge in [0, 0.05) is 11.0 Å². The van der Waals surface area contributed by atoms with E-state index in [1.54, 1.807) is 6.07 Å². The number of hydrogen-bond acceptors (Lipinski definition) is 2. The average molecular weight is 318 g/mol. The lowest BCUT2D eigenvalue weighted by Gasteiger charge is -2.14. The minimum absolute atomic E-state index is 0.324. The molecular weight excluding hydrogens is 301 g/mol. The monoisotopic (exact) mass is 317 g/mol. The standard InChI is InChI=1S/C13H17BrFNO2/c1-2-3-4-12(13(17)18)16-8-9-7-10(15)5-6-11(9)14/h5-7,12,16H,2-4,8H2,1H3,(H,17,18). The van der Waals surface area contributed by atoms with Gasteiger partial charge in [0.25, 0.3) is 0 Å².